The fraction of sp³-hybridized carbons (Fsp3) is 0.786. The van der Waals surface area contributed by atoms with Gasteiger partial charge in [0.2, 0.25) is 0 Å². The van der Waals surface area contributed by atoms with E-state index >= 15 is 0 Å². The number of rotatable bonds is 23. The Morgan fingerprint density at radius 2 is 1.31 bits per heavy atom. The lowest BCUT2D eigenvalue weighted by atomic mass is 10.0. The number of halogens is 1. The summed E-state index contributed by atoms with van der Waals surface area (Å²) in [6.07, 6.45) is 22.6. The predicted octanol–water partition coefficient (Wildman–Crippen LogP) is 10.2. The molecular formula is C28H49BrN2O. The molecule has 32 heavy (non-hydrogen) atoms. The van der Waals surface area contributed by atoms with E-state index in [1.54, 1.807) is 0 Å². The molecule has 1 aromatic carbocycles. The van der Waals surface area contributed by atoms with E-state index in [0.717, 1.165) is 37.0 Å². The Morgan fingerprint density at radius 3 is 2.00 bits per heavy atom. The Kier molecular flexibility index (Phi) is 21.4. The molecule has 0 aliphatic carbocycles. The van der Waals surface area contributed by atoms with Crippen LogP contribution in [0.3, 0.4) is 0 Å². The first-order chi connectivity index (χ1) is 15.9. The monoisotopic (exact) mass is 508 g/mol. The lowest BCUT2D eigenvalue weighted by Crippen LogP contribution is -2.14. The molecule has 3 nitrogen and oxygen atoms in total. The van der Waals surface area contributed by atoms with Gasteiger partial charge in [-0.3, -0.25) is 0 Å². The molecular weight excluding hydrogens is 460 g/mol. The van der Waals surface area contributed by atoms with E-state index in [9.17, 15) is 0 Å². The third-order valence-electron chi connectivity index (χ3n) is 5.99. The Labute approximate surface area is 207 Å². The summed E-state index contributed by atoms with van der Waals surface area (Å²) in [5.41, 5.74) is 0.940. The van der Waals surface area contributed by atoms with Gasteiger partial charge in [-0.25, -0.2) is 0 Å². The highest BCUT2D eigenvalue weighted by atomic mass is 79.9. The fourth-order valence-electron chi connectivity index (χ4n) is 3.99. The van der Waals surface area contributed by atoms with Crippen LogP contribution >= 0.6 is 15.9 Å². The summed E-state index contributed by atoms with van der Waals surface area (Å²) in [7, 11) is 0. The minimum Gasteiger partial charge on any atom is -0.378 e. The Morgan fingerprint density at radius 1 is 0.719 bits per heavy atom. The van der Waals surface area contributed by atoms with Crippen LogP contribution < -0.4 is 0 Å². The molecule has 1 rings (SSSR count). The van der Waals surface area contributed by atoms with Crippen LogP contribution in [0, 0.1) is 0 Å². The number of hydrogen-bond donors (Lipinski definition) is 0. The summed E-state index contributed by atoms with van der Waals surface area (Å²) in [5, 5.41) is 9.84. The van der Waals surface area contributed by atoms with E-state index in [1.807, 2.05) is 30.3 Å². The smallest absolute Gasteiger partial charge is 0.0852 e. The van der Waals surface area contributed by atoms with Gasteiger partial charge in [-0.05, 0) is 44.2 Å². The van der Waals surface area contributed by atoms with Gasteiger partial charge in [0, 0.05) is 11.9 Å². The van der Waals surface area contributed by atoms with Crippen molar-refractivity contribution in [2.24, 2.45) is 10.2 Å². The van der Waals surface area contributed by atoms with Gasteiger partial charge in [-0.1, -0.05) is 118 Å². The van der Waals surface area contributed by atoms with E-state index in [-0.39, 0.29) is 0 Å². The SMILES string of the molecule is CCCCCCCCC(CCC/N=N/c1ccccc1)OCCCCCCCCCCBr. The quantitative estimate of drug-likeness (QED) is 0.0821. The third-order valence-corrected chi connectivity index (χ3v) is 6.55. The van der Waals surface area contributed by atoms with Crippen molar-refractivity contribution in [2.75, 3.05) is 18.5 Å². The topological polar surface area (TPSA) is 34.0 Å². The maximum Gasteiger partial charge on any atom is 0.0852 e. The highest BCUT2D eigenvalue weighted by Crippen LogP contribution is 2.16. The first kappa shape index (κ1) is 29.3. The van der Waals surface area contributed by atoms with Crippen LogP contribution in [0.1, 0.15) is 116 Å². The molecule has 0 aliphatic heterocycles. The Balaban J connectivity index is 2.16. The van der Waals surface area contributed by atoms with Crippen LogP contribution in [0.2, 0.25) is 0 Å². The molecule has 0 aromatic heterocycles. The van der Waals surface area contributed by atoms with Gasteiger partial charge in [0.25, 0.3) is 0 Å². The van der Waals surface area contributed by atoms with Crippen LogP contribution in [-0.4, -0.2) is 24.6 Å². The van der Waals surface area contributed by atoms with Crippen molar-refractivity contribution in [3.8, 4) is 0 Å². The zero-order valence-electron chi connectivity index (χ0n) is 20.8. The summed E-state index contributed by atoms with van der Waals surface area (Å²) >= 11 is 3.51. The molecule has 1 aromatic rings. The van der Waals surface area contributed by atoms with Crippen molar-refractivity contribution in [2.45, 2.75) is 122 Å². The van der Waals surface area contributed by atoms with Gasteiger partial charge in [0.05, 0.1) is 18.3 Å². The van der Waals surface area contributed by atoms with E-state index in [4.69, 9.17) is 4.74 Å². The largest absolute Gasteiger partial charge is 0.378 e. The van der Waals surface area contributed by atoms with Crippen molar-refractivity contribution >= 4 is 21.6 Å². The van der Waals surface area contributed by atoms with Gasteiger partial charge < -0.3 is 4.74 Å². The fourth-order valence-corrected chi connectivity index (χ4v) is 4.38. The molecule has 0 aliphatic rings. The summed E-state index contributed by atoms with van der Waals surface area (Å²) in [4.78, 5) is 0. The molecule has 0 bridgehead atoms. The summed E-state index contributed by atoms with van der Waals surface area (Å²) in [5.74, 6) is 0. The normalized spacial score (nSPS) is 12.6. The van der Waals surface area contributed by atoms with E-state index in [1.165, 1.54) is 96.3 Å². The van der Waals surface area contributed by atoms with Crippen molar-refractivity contribution in [3.63, 3.8) is 0 Å². The number of hydrogen-bond acceptors (Lipinski definition) is 3. The first-order valence-electron chi connectivity index (χ1n) is 13.5. The number of unbranched alkanes of at least 4 members (excludes halogenated alkanes) is 12. The Bertz CT molecular complexity index is 523. The molecule has 184 valence electrons. The molecule has 1 atom stereocenters. The molecule has 0 heterocycles. The lowest BCUT2D eigenvalue weighted by molar-refractivity contribution is 0.0365. The van der Waals surface area contributed by atoms with Crippen molar-refractivity contribution < 1.29 is 4.74 Å². The Hall–Kier alpha value is -0.740. The van der Waals surface area contributed by atoms with Gasteiger partial charge >= 0.3 is 0 Å². The zero-order valence-corrected chi connectivity index (χ0v) is 22.4. The van der Waals surface area contributed by atoms with Crippen LogP contribution in [0.25, 0.3) is 0 Å². The molecule has 0 N–H and O–H groups in total. The molecule has 0 saturated heterocycles. The van der Waals surface area contributed by atoms with Gasteiger partial charge in [0.15, 0.2) is 0 Å². The number of benzene rings is 1. The first-order valence-corrected chi connectivity index (χ1v) is 14.6. The molecule has 0 amide bonds. The van der Waals surface area contributed by atoms with E-state index in [0.29, 0.717) is 6.10 Å². The van der Waals surface area contributed by atoms with Crippen LogP contribution in [0.5, 0.6) is 0 Å². The van der Waals surface area contributed by atoms with Crippen molar-refractivity contribution in [1.82, 2.24) is 0 Å². The molecule has 4 heteroatoms. The van der Waals surface area contributed by atoms with Gasteiger partial charge in [-0.15, -0.1) is 0 Å². The lowest BCUT2D eigenvalue weighted by Gasteiger charge is -2.17. The van der Waals surface area contributed by atoms with Crippen molar-refractivity contribution in [3.05, 3.63) is 30.3 Å². The zero-order chi connectivity index (χ0) is 23.0. The second-order valence-electron chi connectivity index (χ2n) is 9.01. The van der Waals surface area contributed by atoms with E-state index in [2.05, 4.69) is 33.1 Å². The molecule has 0 spiro atoms. The second-order valence-corrected chi connectivity index (χ2v) is 9.80. The van der Waals surface area contributed by atoms with Crippen molar-refractivity contribution in [1.29, 1.82) is 0 Å². The maximum absolute atomic E-state index is 6.32. The van der Waals surface area contributed by atoms with Crippen LogP contribution in [0.15, 0.2) is 40.6 Å². The number of nitrogens with zero attached hydrogens (tertiary/aromatic N) is 2. The van der Waals surface area contributed by atoms with Gasteiger partial charge in [-0.2, -0.15) is 10.2 Å². The van der Waals surface area contributed by atoms with Gasteiger partial charge in [0.1, 0.15) is 0 Å². The summed E-state index contributed by atoms with van der Waals surface area (Å²) in [6.45, 7) is 4.00. The molecule has 0 radical (unpaired) electrons. The number of ether oxygens (including phenoxy) is 1. The number of alkyl halides is 1. The van der Waals surface area contributed by atoms with E-state index < -0.39 is 0 Å². The minimum absolute atomic E-state index is 0.400. The average Bonchev–Trinajstić information content (AvgIpc) is 2.82. The summed E-state index contributed by atoms with van der Waals surface area (Å²) < 4.78 is 6.32. The second kappa shape index (κ2) is 23.4. The molecule has 0 saturated carbocycles. The predicted molar refractivity (Wildman–Crippen MR) is 144 cm³/mol. The average molecular weight is 510 g/mol. The van der Waals surface area contributed by atoms with Crippen LogP contribution in [0.4, 0.5) is 5.69 Å². The standard InChI is InChI=1S/C28H49BrN2O/c1-2-3-4-5-10-16-22-28(23-19-25-30-31-27-20-14-13-15-21-27)32-26-18-12-9-7-6-8-11-17-24-29/h13-15,20-21,28H,2-12,16-19,22-26H2,1H3/b31-30+. The molecule has 1 unspecified atom stereocenters. The maximum atomic E-state index is 6.32. The summed E-state index contributed by atoms with van der Waals surface area (Å²) in [6, 6.07) is 10.0. The highest BCUT2D eigenvalue weighted by Gasteiger charge is 2.09. The van der Waals surface area contributed by atoms with Crippen LogP contribution in [-0.2, 0) is 4.74 Å². The highest BCUT2D eigenvalue weighted by molar-refractivity contribution is 9.09. The minimum atomic E-state index is 0.400. The number of azo groups is 1. The third kappa shape index (κ3) is 18.8. The molecule has 0 fully saturated rings.